The van der Waals surface area contributed by atoms with Crippen LogP contribution in [-0.2, 0) is 32.6 Å². The molecule has 0 bridgehead atoms. The highest BCUT2D eigenvalue weighted by molar-refractivity contribution is 7.92. The quantitative estimate of drug-likeness (QED) is 0.422. The van der Waals surface area contributed by atoms with Crippen molar-refractivity contribution in [2.24, 2.45) is 0 Å². The highest BCUT2D eigenvalue weighted by Gasteiger charge is 2.31. The predicted molar refractivity (Wildman–Crippen MR) is 129 cm³/mol. The Bertz CT molecular complexity index is 1130. The molecule has 0 radical (unpaired) electrons. The summed E-state index contributed by atoms with van der Waals surface area (Å²) in [4.78, 5) is 25.8. The molecular formula is C23H30N4O6S. The van der Waals surface area contributed by atoms with Crippen molar-refractivity contribution >= 4 is 27.3 Å². The molecule has 10 nitrogen and oxygen atoms in total. The van der Waals surface area contributed by atoms with E-state index in [0.717, 1.165) is 54.5 Å². The summed E-state index contributed by atoms with van der Waals surface area (Å²) < 4.78 is 31.4. The minimum absolute atomic E-state index is 0.104. The number of nitrogens with zero attached hydrogens (tertiary/aromatic N) is 3. The summed E-state index contributed by atoms with van der Waals surface area (Å²) in [5.74, 6) is -0.506. The third kappa shape index (κ3) is 6.52. The van der Waals surface area contributed by atoms with E-state index in [1.165, 1.54) is 25.1 Å². The number of carbonyl (C=O) groups is 1. The van der Waals surface area contributed by atoms with Crippen molar-refractivity contribution in [1.29, 1.82) is 0 Å². The SMILES string of the molecule is Cc1ccc([N+](=O)[O-])cc1N([C@@H](C)C(=O)NCc1ccc(CN2CCOCC2)cc1)S(C)(=O)=O. The van der Waals surface area contributed by atoms with Crippen LogP contribution in [0.2, 0.25) is 0 Å². The van der Waals surface area contributed by atoms with Crippen molar-refractivity contribution in [3.05, 3.63) is 69.3 Å². The topological polar surface area (TPSA) is 122 Å². The first-order chi connectivity index (χ1) is 16.1. The molecule has 1 aliphatic heterocycles. The van der Waals surface area contributed by atoms with Crippen molar-refractivity contribution in [2.75, 3.05) is 36.9 Å². The van der Waals surface area contributed by atoms with Crippen LogP contribution < -0.4 is 9.62 Å². The largest absolute Gasteiger partial charge is 0.379 e. The number of amides is 1. The number of benzene rings is 2. The van der Waals surface area contributed by atoms with E-state index >= 15 is 0 Å². The lowest BCUT2D eigenvalue weighted by atomic mass is 10.1. The minimum atomic E-state index is -3.89. The fourth-order valence-electron chi connectivity index (χ4n) is 3.85. The normalized spacial score (nSPS) is 15.5. The lowest BCUT2D eigenvalue weighted by Crippen LogP contribution is -2.48. The predicted octanol–water partition coefficient (Wildman–Crippen LogP) is 2.21. The van der Waals surface area contributed by atoms with Gasteiger partial charge >= 0.3 is 0 Å². The van der Waals surface area contributed by atoms with Gasteiger partial charge in [0, 0.05) is 38.3 Å². The first kappa shape index (κ1) is 25.6. The summed E-state index contributed by atoms with van der Waals surface area (Å²) in [6.45, 7) is 7.43. The fraction of sp³-hybridized carbons (Fsp3) is 0.435. The van der Waals surface area contributed by atoms with Crippen molar-refractivity contribution in [1.82, 2.24) is 10.2 Å². The summed E-state index contributed by atoms with van der Waals surface area (Å²) in [5.41, 5.74) is 2.40. The summed E-state index contributed by atoms with van der Waals surface area (Å²) in [7, 11) is -3.89. The van der Waals surface area contributed by atoms with E-state index in [0.29, 0.717) is 5.56 Å². The van der Waals surface area contributed by atoms with E-state index in [4.69, 9.17) is 4.74 Å². The molecule has 0 spiro atoms. The Kier molecular flexibility index (Phi) is 8.24. The van der Waals surface area contributed by atoms with Gasteiger partial charge in [-0.15, -0.1) is 0 Å². The second-order valence-corrected chi connectivity index (χ2v) is 10.2. The zero-order chi connectivity index (χ0) is 24.9. The van der Waals surface area contributed by atoms with Gasteiger partial charge in [-0.1, -0.05) is 30.3 Å². The van der Waals surface area contributed by atoms with Gasteiger partial charge in [-0.2, -0.15) is 0 Å². The average molecular weight is 491 g/mol. The Morgan fingerprint density at radius 2 is 1.79 bits per heavy atom. The Balaban J connectivity index is 1.68. The number of sulfonamides is 1. The summed E-state index contributed by atoms with van der Waals surface area (Å²) in [6.07, 6.45) is 0.974. The summed E-state index contributed by atoms with van der Waals surface area (Å²) >= 11 is 0. The Morgan fingerprint density at radius 3 is 2.38 bits per heavy atom. The molecule has 2 aromatic carbocycles. The molecule has 3 rings (SSSR count). The number of nitro groups is 1. The summed E-state index contributed by atoms with van der Waals surface area (Å²) in [5, 5.41) is 14.0. The van der Waals surface area contributed by atoms with Crippen LogP contribution in [0.15, 0.2) is 42.5 Å². The van der Waals surface area contributed by atoms with Gasteiger partial charge in [-0.05, 0) is 30.5 Å². The minimum Gasteiger partial charge on any atom is -0.379 e. The lowest BCUT2D eigenvalue weighted by molar-refractivity contribution is -0.384. The Morgan fingerprint density at radius 1 is 1.18 bits per heavy atom. The van der Waals surface area contributed by atoms with Crippen LogP contribution in [0.3, 0.4) is 0 Å². The molecule has 1 amide bonds. The number of non-ortho nitro benzene ring substituents is 1. The van der Waals surface area contributed by atoms with Gasteiger partial charge in [0.1, 0.15) is 6.04 Å². The molecule has 1 aliphatic rings. The highest BCUT2D eigenvalue weighted by atomic mass is 32.2. The first-order valence-electron chi connectivity index (χ1n) is 11.0. The van der Waals surface area contributed by atoms with Crippen LogP contribution in [0.5, 0.6) is 0 Å². The number of ether oxygens (including phenoxy) is 1. The monoisotopic (exact) mass is 490 g/mol. The number of nitro benzene ring substituents is 1. The molecule has 1 fully saturated rings. The lowest BCUT2D eigenvalue weighted by Gasteiger charge is -2.29. The van der Waals surface area contributed by atoms with E-state index in [2.05, 4.69) is 10.2 Å². The standard InChI is InChI=1S/C23H30N4O6S/c1-17-4-9-21(27(29)30)14-22(17)26(34(3,31)32)18(2)23(28)24-15-19-5-7-20(8-6-19)16-25-10-12-33-13-11-25/h4-9,14,18H,10-13,15-16H2,1-3H3,(H,24,28)/t18-/m0/s1. The molecule has 184 valence electrons. The maximum absolute atomic E-state index is 12.9. The second-order valence-electron chi connectivity index (χ2n) is 8.39. The Labute approximate surface area is 199 Å². The zero-order valence-corrected chi connectivity index (χ0v) is 20.4. The zero-order valence-electron chi connectivity index (χ0n) is 19.6. The second kappa shape index (κ2) is 10.9. The maximum Gasteiger partial charge on any atom is 0.271 e. The van der Waals surface area contributed by atoms with Crippen molar-refractivity contribution in [2.45, 2.75) is 33.0 Å². The third-order valence-corrected chi connectivity index (χ3v) is 6.96. The third-order valence-electron chi connectivity index (χ3n) is 5.73. The van der Waals surface area contributed by atoms with Crippen LogP contribution in [0.25, 0.3) is 0 Å². The van der Waals surface area contributed by atoms with Crippen LogP contribution in [0.4, 0.5) is 11.4 Å². The van der Waals surface area contributed by atoms with E-state index < -0.39 is 26.9 Å². The molecule has 11 heteroatoms. The molecule has 1 heterocycles. The molecule has 0 aliphatic carbocycles. The molecule has 34 heavy (non-hydrogen) atoms. The van der Waals surface area contributed by atoms with E-state index in [1.807, 2.05) is 24.3 Å². The van der Waals surface area contributed by atoms with Gasteiger partial charge in [0.25, 0.3) is 5.69 Å². The molecule has 1 atom stereocenters. The van der Waals surface area contributed by atoms with Gasteiger partial charge < -0.3 is 10.1 Å². The Hall–Kier alpha value is -3.02. The van der Waals surface area contributed by atoms with Gasteiger partial charge in [0.15, 0.2) is 0 Å². The van der Waals surface area contributed by atoms with Gasteiger partial charge in [0.05, 0.1) is 30.1 Å². The van der Waals surface area contributed by atoms with E-state index in [9.17, 15) is 23.3 Å². The number of morpholine rings is 1. The van der Waals surface area contributed by atoms with Crippen molar-refractivity contribution in [3.63, 3.8) is 0 Å². The number of hydrogen-bond acceptors (Lipinski definition) is 7. The van der Waals surface area contributed by atoms with Gasteiger partial charge in [0.2, 0.25) is 15.9 Å². The molecule has 0 aromatic heterocycles. The summed E-state index contributed by atoms with van der Waals surface area (Å²) in [6, 6.07) is 10.7. The molecule has 0 saturated carbocycles. The number of nitrogens with one attached hydrogen (secondary N) is 1. The fourth-order valence-corrected chi connectivity index (χ4v) is 5.07. The molecule has 1 saturated heterocycles. The number of carbonyl (C=O) groups excluding carboxylic acids is 1. The molecule has 1 N–H and O–H groups in total. The molecule has 2 aromatic rings. The van der Waals surface area contributed by atoms with Crippen LogP contribution >= 0.6 is 0 Å². The number of aryl methyl sites for hydroxylation is 1. The van der Waals surface area contributed by atoms with E-state index in [-0.39, 0.29) is 17.9 Å². The smallest absolute Gasteiger partial charge is 0.271 e. The van der Waals surface area contributed by atoms with Crippen LogP contribution in [-0.4, -0.2) is 62.7 Å². The number of anilines is 1. The van der Waals surface area contributed by atoms with Crippen LogP contribution in [0, 0.1) is 17.0 Å². The van der Waals surface area contributed by atoms with Crippen molar-refractivity contribution in [3.8, 4) is 0 Å². The highest BCUT2D eigenvalue weighted by Crippen LogP contribution is 2.29. The number of rotatable bonds is 9. The first-order valence-corrected chi connectivity index (χ1v) is 12.8. The van der Waals surface area contributed by atoms with E-state index in [1.54, 1.807) is 6.92 Å². The van der Waals surface area contributed by atoms with Crippen LogP contribution in [0.1, 0.15) is 23.6 Å². The van der Waals surface area contributed by atoms with Gasteiger partial charge in [-0.3, -0.25) is 24.1 Å². The van der Waals surface area contributed by atoms with Crippen molar-refractivity contribution < 1.29 is 22.9 Å². The van der Waals surface area contributed by atoms with Gasteiger partial charge in [-0.25, -0.2) is 8.42 Å². The maximum atomic E-state index is 12.9. The average Bonchev–Trinajstić information content (AvgIpc) is 2.79. The molecule has 0 unspecified atom stereocenters. The molecular weight excluding hydrogens is 460 g/mol. The number of hydrogen-bond donors (Lipinski definition) is 1.